The summed E-state index contributed by atoms with van der Waals surface area (Å²) in [4.78, 5) is 14.8. The van der Waals surface area contributed by atoms with Gasteiger partial charge in [-0.15, -0.1) is 11.3 Å². The van der Waals surface area contributed by atoms with Crippen molar-refractivity contribution in [1.29, 1.82) is 0 Å². The maximum absolute atomic E-state index is 6.41. The Bertz CT molecular complexity index is 2440. The van der Waals surface area contributed by atoms with E-state index >= 15 is 0 Å². The molecule has 0 amide bonds. The molecule has 0 N–H and O–H groups in total. The lowest BCUT2D eigenvalue weighted by atomic mass is 9.97. The van der Waals surface area contributed by atoms with Crippen LogP contribution in [0.25, 0.3) is 87.4 Å². The maximum atomic E-state index is 6.41. The number of hydrogen-bond acceptors (Lipinski definition) is 5. The molecular formula is C39H23N3OS. The minimum absolute atomic E-state index is 0.623. The highest BCUT2D eigenvalue weighted by molar-refractivity contribution is 7.26. The standard InChI is InChI=1S/C39H23N3OS/c1-3-11-24(12-4-1)37-40-38(25-13-5-2-6-14-25)42-39(41-37)26-21-22-32-31(23-26)35-28(16-10-19-33(35)43-32)30-18-9-17-29-27-15-7-8-20-34(27)44-36(29)30/h1-23H. The number of furan rings is 1. The van der Waals surface area contributed by atoms with Gasteiger partial charge in [0.25, 0.3) is 0 Å². The summed E-state index contributed by atoms with van der Waals surface area (Å²) in [5, 5.41) is 4.70. The van der Waals surface area contributed by atoms with Crippen molar-refractivity contribution in [3.8, 4) is 45.3 Å². The summed E-state index contributed by atoms with van der Waals surface area (Å²) < 4.78 is 8.99. The zero-order valence-electron chi connectivity index (χ0n) is 23.4. The van der Waals surface area contributed by atoms with Gasteiger partial charge >= 0.3 is 0 Å². The number of aromatic nitrogens is 3. The van der Waals surface area contributed by atoms with Crippen LogP contribution in [0.3, 0.4) is 0 Å². The summed E-state index contributed by atoms with van der Waals surface area (Å²) in [6.07, 6.45) is 0. The summed E-state index contributed by atoms with van der Waals surface area (Å²) in [7, 11) is 0. The molecule has 0 aliphatic heterocycles. The normalized spacial score (nSPS) is 11.6. The Morgan fingerprint density at radius 1 is 0.432 bits per heavy atom. The molecule has 4 nitrogen and oxygen atoms in total. The first-order chi connectivity index (χ1) is 21.8. The van der Waals surface area contributed by atoms with Gasteiger partial charge in [-0.25, -0.2) is 15.0 Å². The van der Waals surface area contributed by atoms with Crippen molar-refractivity contribution in [2.24, 2.45) is 0 Å². The molecular weight excluding hydrogens is 559 g/mol. The van der Waals surface area contributed by atoms with Gasteiger partial charge in [-0.2, -0.15) is 0 Å². The molecule has 0 saturated heterocycles. The lowest BCUT2D eigenvalue weighted by Crippen LogP contribution is -2.00. The molecule has 3 aromatic heterocycles. The number of thiophene rings is 1. The van der Waals surface area contributed by atoms with Crippen molar-refractivity contribution < 1.29 is 4.42 Å². The molecule has 44 heavy (non-hydrogen) atoms. The predicted octanol–water partition coefficient (Wildman–Crippen LogP) is 10.8. The Balaban J connectivity index is 1.27. The molecule has 0 radical (unpaired) electrons. The quantitative estimate of drug-likeness (QED) is 0.207. The van der Waals surface area contributed by atoms with Gasteiger partial charge in [0.2, 0.25) is 0 Å². The monoisotopic (exact) mass is 581 g/mol. The summed E-state index contributed by atoms with van der Waals surface area (Å²) in [5.74, 6) is 1.91. The predicted molar refractivity (Wildman–Crippen MR) is 182 cm³/mol. The van der Waals surface area contributed by atoms with E-state index in [4.69, 9.17) is 19.4 Å². The van der Waals surface area contributed by atoms with Crippen LogP contribution in [0.1, 0.15) is 0 Å². The highest BCUT2D eigenvalue weighted by Crippen LogP contribution is 2.44. The second-order valence-corrected chi connectivity index (χ2v) is 11.9. The van der Waals surface area contributed by atoms with E-state index in [1.807, 2.05) is 90.2 Å². The zero-order chi connectivity index (χ0) is 29.0. The topological polar surface area (TPSA) is 51.8 Å². The van der Waals surface area contributed by atoms with Crippen molar-refractivity contribution >= 4 is 53.4 Å². The zero-order valence-corrected chi connectivity index (χ0v) is 24.3. The molecule has 0 bridgehead atoms. The van der Waals surface area contributed by atoms with Crippen LogP contribution in [-0.2, 0) is 0 Å². The van der Waals surface area contributed by atoms with Gasteiger partial charge in [0.05, 0.1) is 0 Å². The van der Waals surface area contributed by atoms with E-state index in [2.05, 4.69) is 60.7 Å². The first kappa shape index (κ1) is 24.9. The van der Waals surface area contributed by atoms with Gasteiger partial charge < -0.3 is 4.42 Å². The highest BCUT2D eigenvalue weighted by Gasteiger charge is 2.18. The lowest BCUT2D eigenvalue weighted by molar-refractivity contribution is 0.669. The van der Waals surface area contributed by atoms with Gasteiger partial charge in [-0.05, 0) is 35.9 Å². The van der Waals surface area contributed by atoms with E-state index in [1.165, 1.54) is 25.7 Å². The van der Waals surface area contributed by atoms with Crippen LogP contribution in [0.5, 0.6) is 0 Å². The maximum Gasteiger partial charge on any atom is 0.164 e. The fourth-order valence-corrected chi connectivity index (χ4v) is 7.32. The van der Waals surface area contributed by atoms with Gasteiger partial charge in [0.1, 0.15) is 11.2 Å². The number of rotatable bonds is 4. The molecule has 9 aromatic rings. The Kier molecular flexibility index (Phi) is 5.64. The smallest absolute Gasteiger partial charge is 0.164 e. The fraction of sp³-hybridized carbons (Fsp3) is 0. The molecule has 206 valence electrons. The lowest BCUT2D eigenvalue weighted by Gasteiger charge is -2.09. The van der Waals surface area contributed by atoms with Crippen LogP contribution in [0.15, 0.2) is 144 Å². The van der Waals surface area contributed by atoms with E-state index in [-0.39, 0.29) is 0 Å². The minimum atomic E-state index is 0.623. The van der Waals surface area contributed by atoms with Gasteiger partial charge in [-0.3, -0.25) is 0 Å². The molecule has 0 spiro atoms. The Morgan fingerprint density at radius 2 is 1.05 bits per heavy atom. The minimum Gasteiger partial charge on any atom is -0.456 e. The molecule has 0 saturated carbocycles. The second kappa shape index (κ2) is 9.97. The molecule has 0 aliphatic rings. The summed E-state index contributed by atoms with van der Waals surface area (Å²) in [6.45, 7) is 0. The molecule has 0 atom stereocenters. The Morgan fingerprint density at radius 3 is 1.80 bits per heavy atom. The third-order valence-corrected chi connectivity index (χ3v) is 9.37. The van der Waals surface area contributed by atoms with E-state index in [9.17, 15) is 0 Å². The highest BCUT2D eigenvalue weighted by atomic mass is 32.1. The van der Waals surface area contributed by atoms with Gasteiger partial charge in [0.15, 0.2) is 17.5 Å². The van der Waals surface area contributed by atoms with Crippen molar-refractivity contribution in [2.45, 2.75) is 0 Å². The Hall–Kier alpha value is -5.65. The van der Waals surface area contributed by atoms with Crippen LogP contribution in [0, 0.1) is 0 Å². The molecule has 5 heteroatoms. The van der Waals surface area contributed by atoms with Crippen LogP contribution < -0.4 is 0 Å². The van der Waals surface area contributed by atoms with Crippen molar-refractivity contribution in [3.05, 3.63) is 140 Å². The van der Waals surface area contributed by atoms with Crippen LogP contribution in [0.4, 0.5) is 0 Å². The fourth-order valence-electron chi connectivity index (χ4n) is 6.09. The third kappa shape index (κ3) is 4.02. The molecule has 0 aliphatic carbocycles. The SMILES string of the molecule is c1ccc(-c2nc(-c3ccccc3)nc(-c3ccc4oc5cccc(-c6cccc7c6sc6ccccc67)c5c4c3)n2)cc1. The molecule has 6 aromatic carbocycles. The van der Waals surface area contributed by atoms with Crippen molar-refractivity contribution in [1.82, 2.24) is 15.0 Å². The van der Waals surface area contributed by atoms with Crippen LogP contribution >= 0.6 is 11.3 Å². The second-order valence-electron chi connectivity index (χ2n) is 10.8. The van der Waals surface area contributed by atoms with Crippen LogP contribution in [0.2, 0.25) is 0 Å². The van der Waals surface area contributed by atoms with E-state index < -0.39 is 0 Å². The van der Waals surface area contributed by atoms with Gasteiger partial charge in [-0.1, -0.05) is 109 Å². The van der Waals surface area contributed by atoms with Gasteiger partial charge in [0, 0.05) is 53.2 Å². The molecule has 9 rings (SSSR count). The number of nitrogens with zero attached hydrogens (tertiary/aromatic N) is 3. The van der Waals surface area contributed by atoms with Crippen LogP contribution in [-0.4, -0.2) is 15.0 Å². The first-order valence-electron chi connectivity index (χ1n) is 14.5. The number of benzene rings is 6. The first-order valence-corrected chi connectivity index (χ1v) is 15.3. The summed E-state index contributed by atoms with van der Waals surface area (Å²) in [5.41, 5.74) is 6.86. The van der Waals surface area contributed by atoms with Crippen molar-refractivity contribution in [3.63, 3.8) is 0 Å². The molecule has 3 heterocycles. The average molecular weight is 582 g/mol. The molecule has 0 fully saturated rings. The third-order valence-electron chi connectivity index (χ3n) is 8.15. The van der Waals surface area contributed by atoms with E-state index in [1.54, 1.807) is 0 Å². The molecule has 0 unspecified atom stereocenters. The number of hydrogen-bond donors (Lipinski definition) is 0. The Labute approximate surface area is 256 Å². The van der Waals surface area contributed by atoms with E-state index in [0.29, 0.717) is 17.5 Å². The van der Waals surface area contributed by atoms with E-state index in [0.717, 1.165) is 44.2 Å². The largest absolute Gasteiger partial charge is 0.456 e. The average Bonchev–Trinajstić information content (AvgIpc) is 3.67. The number of fused-ring (bicyclic) bond motifs is 6. The summed E-state index contributed by atoms with van der Waals surface area (Å²) in [6, 6.07) is 47.9. The summed E-state index contributed by atoms with van der Waals surface area (Å²) >= 11 is 1.84. The van der Waals surface area contributed by atoms with Crippen molar-refractivity contribution in [2.75, 3.05) is 0 Å².